The van der Waals surface area contributed by atoms with E-state index in [1.54, 1.807) is 111 Å². The Hall–Kier alpha value is -12.2. The van der Waals surface area contributed by atoms with Gasteiger partial charge in [0.2, 0.25) is 0 Å². The van der Waals surface area contributed by atoms with E-state index in [1.807, 2.05) is 117 Å². The second-order valence-electron chi connectivity index (χ2n) is 32.4. The summed E-state index contributed by atoms with van der Waals surface area (Å²) in [6.07, 6.45) is 44.7. The Morgan fingerprint density at radius 2 is 0.450 bits per heavy atom. The molecule has 0 radical (unpaired) electrons. The Kier molecular flexibility index (Phi) is 27.6. The Bertz CT molecular complexity index is 5220. The van der Waals surface area contributed by atoms with E-state index in [4.69, 9.17) is 40.4 Å². The first-order valence-corrected chi connectivity index (χ1v) is 40.6. The van der Waals surface area contributed by atoms with Crippen LogP contribution in [0.5, 0.6) is 0 Å². The minimum absolute atomic E-state index is 0.216. The van der Waals surface area contributed by atoms with Gasteiger partial charge in [0.05, 0.1) is 244 Å². The summed E-state index contributed by atoms with van der Waals surface area (Å²) in [4.78, 5) is 19.5. The van der Waals surface area contributed by atoms with Crippen molar-refractivity contribution in [1.82, 2.24) is 137 Å². The van der Waals surface area contributed by atoms with Crippen molar-refractivity contribution in [2.45, 2.75) is 184 Å². The van der Waals surface area contributed by atoms with Crippen LogP contribution in [0.25, 0.3) is 112 Å². The van der Waals surface area contributed by atoms with Crippen molar-refractivity contribution >= 4 is 22.1 Å². The van der Waals surface area contributed by atoms with Crippen molar-refractivity contribution in [3.63, 3.8) is 0 Å². The molecule has 0 unspecified atom stereocenters. The molecular formula is C84H108N28O8. The zero-order valence-corrected chi connectivity index (χ0v) is 69.7. The maximum absolute atomic E-state index is 9.65. The highest BCUT2D eigenvalue weighted by molar-refractivity contribution is 5.81. The molecule has 16 rings (SSSR count). The van der Waals surface area contributed by atoms with Crippen LogP contribution in [0.3, 0.4) is 0 Å². The van der Waals surface area contributed by atoms with E-state index in [9.17, 15) is 20.4 Å². The number of nitrogens with zero attached hydrogens (tertiary/aromatic N) is 28. The van der Waals surface area contributed by atoms with E-state index in [0.29, 0.717) is 70.6 Å². The largest absolute Gasteiger partial charge is 0.394 e. The van der Waals surface area contributed by atoms with Gasteiger partial charge in [-0.2, -0.15) is 61.2 Å². The van der Waals surface area contributed by atoms with Gasteiger partial charge in [-0.1, -0.05) is 55.4 Å². The van der Waals surface area contributed by atoms with Crippen LogP contribution < -0.4 is 0 Å². The van der Waals surface area contributed by atoms with Gasteiger partial charge in [-0.05, 0) is 101 Å². The fourth-order valence-electron chi connectivity index (χ4n) is 14.6. The predicted molar refractivity (Wildman–Crippen MR) is 451 cm³/mol. The van der Waals surface area contributed by atoms with E-state index >= 15 is 0 Å². The minimum Gasteiger partial charge on any atom is -0.394 e. The van der Waals surface area contributed by atoms with Gasteiger partial charge in [0.1, 0.15) is 0 Å². The first-order valence-electron chi connectivity index (χ1n) is 40.6. The van der Waals surface area contributed by atoms with E-state index in [0.717, 1.165) is 115 Å². The van der Waals surface area contributed by atoms with Crippen molar-refractivity contribution in [1.29, 1.82) is 0 Å². The topological polar surface area (TPSA) is 425 Å². The van der Waals surface area contributed by atoms with Gasteiger partial charge in [0, 0.05) is 118 Å². The van der Waals surface area contributed by atoms with Crippen molar-refractivity contribution in [2.75, 3.05) is 26.4 Å². The summed E-state index contributed by atoms with van der Waals surface area (Å²) >= 11 is 0. The summed E-state index contributed by atoms with van der Waals surface area (Å²) in [6.45, 7) is 26.0. The van der Waals surface area contributed by atoms with Gasteiger partial charge in [-0.15, -0.1) is 0 Å². The van der Waals surface area contributed by atoms with E-state index in [-0.39, 0.29) is 52.6 Å². The summed E-state index contributed by atoms with van der Waals surface area (Å²) in [5, 5.41) is 128. The molecule has 0 saturated heterocycles. The lowest BCUT2D eigenvalue weighted by atomic mass is 10.1. The zero-order chi connectivity index (χ0) is 85.0. The number of aliphatic hydroxyl groups is 8. The highest BCUT2D eigenvalue weighted by Crippen LogP contribution is 2.34. The first-order chi connectivity index (χ1) is 57.8. The number of rotatable bonds is 32. The van der Waals surface area contributed by atoms with Gasteiger partial charge in [-0.25, -0.2) is 38.0 Å². The Morgan fingerprint density at radius 1 is 0.250 bits per heavy atom. The van der Waals surface area contributed by atoms with Crippen molar-refractivity contribution in [3.05, 3.63) is 173 Å². The third kappa shape index (κ3) is 20.9. The molecule has 16 aromatic rings. The molecule has 0 fully saturated rings. The molecule has 0 aliphatic carbocycles. The average Bonchev–Trinajstić information content (AvgIpc) is 1.65. The molecule has 0 aliphatic rings. The smallest absolute Gasteiger partial charge is 0.0999 e. The predicted octanol–water partition coefficient (Wildman–Crippen LogP) is 9.67. The highest BCUT2D eigenvalue weighted by Gasteiger charge is 2.23. The normalized spacial score (nSPS) is 13.9. The average molecular weight is 1640 g/mol. The SMILES string of the molecule is CC(C)C[C@@H](C)n1cc(-c2nc(-c3cnn(C[C@@H](O)CO)c3)cn3nccc23)cn1.CC(C)C[C@@H](C)n1cc(-c2nc(-c3cnn(C[C@H](O)CO)c3)cn3nccc23)cn1.CC(C)C[C@H](C)n1cc(-c2nc(-c3cnn(C[C@@H](O)CO)c3)cn3nccc23)cn1.CC(C)C[C@H](C)n1cc(-c2nc(-c3cnn(C[C@H](O)CO)c3)cn3nccc23)cn1. The molecule has 36 nitrogen and oxygen atoms in total. The summed E-state index contributed by atoms with van der Waals surface area (Å²) < 4.78 is 21.5. The molecule has 8 atom stereocenters. The van der Waals surface area contributed by atoms with Gasteiger partial charge >= 0.3 is 0 Å². The fraction of sp³-hybridized carbons (Fsp3) is 0.429. The number of fused-ring (bicyclic) bond motifs is 4. The van der Waals surface area contributed by atoms with Crippen LogP contribution in [0.15, 0.2) is 173 Å². The molecule has 0 spiro atoms. The Morgan fingerprint density at radius 3 is 0.642 bits per heavy atom. The highest BCUT2D eigenvalue weighted by atomic mass is 16.3. The molecule has 0 aliphatic heterocycles. The van der Waals surface area contributed by atoms with Crippen LogP contribution in [0.4, 0.5) is 0 Å². The van der Waals surface area contributed by atoms with Crippen LogP contribution in [0.1, 0.15) is 133 Å². The summed E-state index contributed by atoms with van der Waals surface area (Å²) in [7, 11) is 0. The Balaban J connectivity index is 0.000000138. The molecule has 0 amide bonds. The monoisotopic (exact) mass is 1640 g/mol. The minimum atomic E-state index is -0.853. The molecule has 0 bridgehead atoms. The molecule has 120 heavy (non-hydrogen) atoms. The lowest BCUT2D eigenvalue weighted by Gasteiger charge is -2.14. The Labute approximate surface area is 693 Å². The van der Waals surface area contributed by atoms with E-state index in [2.05, 4.69) is 144 Å². The number of aromatic nitrogens is 28. The van der Waals surface area contributed by atoms with Gasteiger partial charge in [0.15, 0.2) is 0 Å². The number of aliphatic hydroxyl groups excluding tert-OH is 8. The molecule has 632 valence electrons. The third-order valence-corrected chi connectivity index (χ3v) is 20.3. The lowest BCUT2D eigenvalue weighted by molar-refractivity contribution is 0.0782. The van der Waals surface area contributed by atoms with Gasteiger partial charge < -0.3 is 40.9 Å². The summed E-state index contributed by atoms with van der Waals surface area (Å²) in [6, 6.07) is 8.95. The van der Waals surface area contributed by atoms with Crippen LogP contribution in [0, 0.1) is 23.7 Å². The number of hydrogen-bond donors (Lipinski definition) is 8. The van der Waals surface area contributed by atoms with E-state index in [1.165, 1.54) is 0 Å². The molecule has 16 heterocycles. The molecule has 16 aromatic heterocycles. The van der Waals surface area contributed by atoms with Gasteiger partial charge in [0.25, 0.3) is 0 Å². The van der Waals surface area contributed by atoms with Crippen molar-refractivity contribution < 1.29 is 40.9 Å². The maximum atomic E-state index is 9.65. The van der Waals surface area contributed by atoms with Crippen LogP contribution in [0.2, 0.25) is 0 Å². The fourth-order valence-corrected chi connectivity index (χ4v) is 14.6. The van der Waals surface area contributed by atoms with Crippen LogP contribution in [-0.4, -0.2) is 228 Å². The van der Waals surface area contributed by atoms with Crippen LogP contribution in [-0.2, 0) is 26.2 Å². The van der Waals surface area contributed by atoms with Gasteiger partial charge in [-0.3, -0.25) is 37.5 Å². The molecule has 0 saturated carbocycles. The lowest BCUT2D eigenvalue weighted by Crippen LogP contribution is -2.19. The molecule has 36 heteroatoms. The van der Waals surface area contributed by atoms with Crippen molar-refractivity contribution in [3.8, 4) is 90.1 Å². The quantitative estimate of drug-likeness (QED) is 0.0194. The zero-order valence-electron chi connectivity index (χ0n) is 69.7. The van der Waals surface area contributed by atoms with Crippen molar-refractivity contribution in [2.24, 2.45) is 23.7 Å². The maximum Gasteiger partial charge on any atom is 0.0999 e. The van der Waals surface area contributed by atoms with Crippen LogP contribution >= 0.6 is 0 Å². The second kappa shape index (κ2) is 38.7. The first kappa shape index (κ1) is 85.7. The standard InChI is InChI=1S/4C21H27N7O2/c4*1-14(2)6-15(3)27-10-17(8-24-27)21-20-4-5-22-28(20)12-19(25-21)16-7-23-26(9-16)11-18(30)13-29/h4*4-5,7-10,12,14-15,18,29-30H,6,11,13H2,1-3H3/t2*15-,18+;2*15-,18-/m1010/s1. The number of hydrogen-bond acceptors (Lipinski definition) is 24. The summed E-state index contributed by atoms with van der Waals surface area (Å²) in [5.41, 5.74) is 16.6. The third-order valence-electron chi connectivity index (χ3n) is 20.3. The molecule has 8 N–H and O–H groups in total. The second-order valence-corrected chi connectivity index (χ2v) is 32.4. The molecular weight excluding hydrogens is 1530 g/mol. The molecule has 0 aromatic carbocycles. The van der Waals surface area contributed by atoms with E-state index < -0.39 is 24.4 Å². The summed E-state index contributed by atoms with van der Waals surface area (Å²) in [5.74, 6) is 2.38.